The summed E-state index contributed by atoms with van der Waals surface area (Å²) in [5.74, 6) is 2.79. The van der Waals surface area contributed by atoms with Crippen molar-refractivity contribution in [2.45, 2.75) is 19.5 Å². The van der Waals surface area contributed by atoms with Gasteiger partial charge in [-0.2, -0.15) is 4.98 Å². The molecule has 6 nitrogen and oxygen atoms in total. The van der Waals surface area contributed by atoms with E-state index in [1.807, 2.05) is 36.4 Å². The summed E-state index contributed by atoms with van der Waals surface area (Å²) >= 11 is 0. The minimum Gasteiger partial charge on any atom is -0.497 e. The highest BCUT2D eigenvalue weighted by atomic mass is 16.5. The number of benzene rings is 2. The second kappa shape index (κ2) is 7.81. The smallest absolute Gasteiger partial charge is 0.223 e. The molecule has 1 heterocycles. The first-order chi connectivity index (χ1) is 12.2. The molecule has 1 aromatic heterocycles. The van der Waals surface area contributed by atoms with E-state index >= 15 is 0 Å². The maximum Gasteiger partial charge on any atom is 0.223 e. The van der Waals surface area contributed by atoms with Gasteiger partial charge in [-0.15, -0.1) is 0 Å². The Morgan fingerprint density at radius 1 is 1.00 bits per heavy atom. The zero-order valence-electron chi connectivity index (χ0n) is 14.5. The fourth-order valence-electron chi connectivity index (χ4n) is 2.68. The topological polar surface area (TPSA) is 69.4 Å². The molecule has 3 aromatic rings. The van der Waals surface area contributed by atoms with Gasteiger partial charge in [-0.1, -0.05) is 29.4 Å². The molecule has 2 aromatic carbocycles. The Balaban J connectivity index is 1.91. The van der Waals surface area contributed by atoms with Crippen molar-refractivity contribution >= 4 is 0 Å². The van der Waals surface area contributed by atoms with Gasteiger partial charge in [-0.3, -0.25) is 5.32 Å². The van der Waals surface area contributed by atoms with E-state index in [2.05, 4.69) is 27.6 Å². The molecule has 0 aliphatic rings. The van der Waals surface area contributed by atoms with Crippen LogP contribution < -0.4 is 14.8 Å². The van der Waals surface area contributed by atoms with Gasteiger partial charge < -0.3 is 14.0 Å². The third-order valence-corrected chi connectivity index (χ3v) is 3.89. The highest BCUT2D eigenvalue weighted by molar-refractivity contribution is 5.39. The van der Waals surface area contributed by atoms with E-state index in [4.69, 9.17) is 14.0 Å². The van der Waals surface area contributed by atoms with Crippen molar-refractivity contribution in [2.24, 2.45) is 0 Å². The van der Waals surface area contributed by atoms with Crippen molar-refractivity contribution in [1.82, 2.24) is 15.5 Å². The van der Waals surface area contributed by atoms with Crippen molar-refractivity contribution in [2.75, 3.05) is 14.2 Å². The molecule has 0 radical (unpaired) electrons. The Labute approximate surface area is 146 Å². The fourth-order valence-corrected chi connectivity index (χ4v) is 2.68. The van der Waals surface area contributed by atoms with E-state index in [9.17, 15) is 0 Å². The van der Waals surface area contributed by atoms with Crippen molar-refractivity contribution < 1.29 is 14.0 Å². The van der Waals surface area contributed by atoms with Gasteiger partial charge in [-0.05, 0) is 35.4 Å². The maximum absolute atomic E-state index is 5.36. The van der Waals surface area contributed by atoms with Crippen LogP contribution in [0.2, 0.25) is 0 Å². The summed E-state index contributed by atoms with van der Waals surface area (Å²) in [5, 5.41) is 7.43. The van der Waals surface area contributed by atoms with Crippen molar-refractivity contribution in [3.8, 4) is 11.5 Å². The molecule has 0 spiro atoms. The van der Waals surface area contributed by atoms with Gasteiger partial charge in [0.05, 0.1) is 26.8 Å². The van der Waals surface area contributed by atoms with Crippen molar-refractivity contribution in [1.29, 1.82) is 0 Å². The molecule has 25 heavy (non-hydrogen) atoms. The first kappa shape index (κ1) is 17.0. The van der Waals surface area contributed by atoms with Gasteiger partial charge in [0, 0.05) is 6.92 Å². The molecular formula is C19H21N3O3. The van der Waals surface area contributed by atoms with E-state index in [0.29, 0.717) is 18.3 Å². The van der Waals surface area contributed by atoms with E-state index in [1.54, 1.807) is 21.1 Å². The standard InChI is InChI=1S/C19H21N3O3/c1-13-21-18(22-25-13)12-20-19(14-6-4-8-16(10-14)23-2)15-7-5-9-17(11-15)24-3/h4-11,19-20H,12H2,1-3H3. The summed E-state index contributed by atoms with van der Waals surface area (Å²) in [6.07, 6.45) is 0. The average molecular weight is 339 g/mol. The molecule has 0 saturated heterocycles. The summed E-state index contributed by atoms with van der Waals surface area (Å²) < 4.78 is 15.8. The number of nitrogens with zero attached hydrogens (tertiary/aromatic N) is 2. The van der Waals surface area contributed by atoms with Crippen LogP contribution in [0.4, 0.5) is 0 Å². The minimum atomic E-state index is -0.0657. The van der Waals surface area contributed by atoms with Gasteiger partial charge >= 0.3 is 0 Å². The van der Waals surface area contributed by atoms with E-state index in [0.717, 1.165) is 22.6 Å². The fraction of sp³-hybridized carbons (Fsp3) is 0.263. The quantitative estimate of drug-likeness (QED) is 0.712. The molecule has 1 N–H and O–H groups in total. The third kappa shape index (κ3) is 4.16. The third-order valence-electron chi connectivity index (χ3n) is 3.89. The van der Waals surface area contributed by atoms with Gasteiger partial charge in [0.1, 0.15) is 11.5 Å². The molecule has 6 heteroatoms. The lowest BCUT2D eigenvalue weighted by Crippen LogP contribution is -2.22. The molecule has 0 saturated carbocycles. The summed E-state index contributed by atoms with van der Waals surface area (Å²) in [6, 6.07) is 15.9. The highest BCUT2D eigenvalue weighted by Crippen LogP contribution is 2.27. The first-order valence-electron chi connectivity index (χ1n) is 8.00. The predicted molar refractivity (Wildman–Crippen MR) is 93.7 cm³/mol. The largest absolute Gasteiger partial charge is 0.497 e. The van der Waals surface area contributed by atoms with Crippen LogP contribution in [0.3, 0.4) is 0 Å². The second-order valence-electron chi connectivity index (χ2n) is 5.60. The molecule has 0 amide bonds. The number of aromatic nitrogens is 2. The monoisotopic (exact) mass is 339 g/mol. The number of hydrogen-bond donors (Lipinski definition) is 1. The Kier molecular flexibility index (Phi) is 5.30. The van der Waals surface area contributed by atoms with Crippen molar-refractivity contribution in [3.63, 3.8) is 0 Å². The van der Waals surface area contributed by atoms with Crippen LogP contribution in [-0.2, 0) is 6.54 Å². The molecule has 0 atom stereocenters. The van der Waals surface area contributed by atoms with Gasteiger partial charge in [0.15, 0.2) is 5.82 Å². The SMILES string of the molecule is COc1cccc(C(NCc2noc(C)n2)c2cccc(OC)c2)c1. The summed E-state index contributed by atoms with van der Waals surface area (Å²) in [7, 11) is 3.32. The van der Waals surface area contributed by atoms with Crippen LogP contribution in [0.5, 0.6) is 11.5 Å². The predicted octanol–water partition coefficient (Wildman–Crippen LogP) is 3.27. The van der Waals surface area contributed by atoms with Crippen LogP contribution in [-0.4, -0.2) is 24.4 Å². The Morgan fingerprint density at radius 3 is 2.08 bits per heavy atom. The van der Waals surface area contributed by atoms with Crippen molar-refractivity contribution in [3.05, 3.63) is 71.4 Å². The Hall–Kier alpha value is -2.86. The van der Waals surface area contributed by atoms with Gasteiger partial charge in [0.2, 0.25) is 5.89 Å². The molecule has 0 fully saturated rings. The van der Waals surface area contributed by atoms with E-state index in [-0.39, 0.29) is 6.04 Å². The molecule has 3 rings (SSSR count). The minimum absolute atomic E-state index is 0.0657. The molecule has 0 aliphatic heterocycles. The van der Waals surface area contributed by atoms with Gasteiger partial charge in [-0.25, -0.2) is 0 Å². The second-order valence-corrected chi connectivity index (χ2v) is 5.60. The van der Waals surface area contributed by atoms with Crippen LogP contribution >= 0.6 is 0 Å². The lowest BCUT2D eigenvalue weighted by atomic mass is 9.98. The average Bonchev–Trinajstić information content (AvgIpc) is 3.07. The number of ether oxygens (including phenoxy) is 2. The normalized spacial score (nSPS) is 10.9. The zero-order valence-corrected chi connectivity index (χ0v) is 14.5. The zero-order chi connectivity index (χ0) is 17.6. The highest BCUT2D eigenvalue weighted by Gasteiger charge is 2.16. The molecule has 0 aliphatic carbocycles. The van der Waals surface area contributed by atoms with Crippen LogP contribution in [0.15, 0.2) is 53.1 Å². The van der Waals surface area contributed by atoms with E-state index in [1.165, 1.54) is 0 Å². The maximum atomic E-state index is 5.36. The molecule has 0 bridgehead atoms. The molecule has 130 valence electrons. The summed E-state index contributed by atoms with van der Waals surface area (Å²) in [6.45, 7) is 2.26. The summed E-state index contributed by atoms with van der Waals surface area (Å²) in [5.41, 5.74) is 2.15. The Morgan fingerprint density at radius 2 is 1.60 bits per heavy atom. The number of hydrogen-bond acceptors (Lipinski definition) is 6. The molecule has 0 unspecified atom stereocenters. The lowest BCUT2D eigenvalue weighted by molar-refractivity contribution is 0.384. The van der Waals surface area contributed by atoms with Gasteiger partial charge in [0.25, 0.3) is 0 Å². The summed E-state index contributed by atoms with van der Waals surface area (Å²) in [4.78, 5) is 4.25. The number of nitrogens with one attached hydrogen (secondary N) is 1. The number of methoxy groups -OCH3 is 2. The first-order valence-corrected chi connectivity index (χ1v) is 8.00. The van der Waals surface area contributed by atoms with Crippen LogP contribution in [0.25, 0.3) is 0 Å². The van der Waals surface area contributed by atoms with E-state index < -0.39 is 0 Å². The Bertz CT molecular complexity index is 785. The number of aryl methyl sites for hydroxylation is 1. The van der Waals surface area contributed by atoms with Crippen LogP contribution in [0.1, 0.15) is 28.9 Å². The molecular weight excluding hydrogens is 318 g/mol. The lowest BCUT2D eigenvalue weighted by Gasteiger charge is -2.20. The number of rotatable bonds is 7. The van der Waals surface area contributed by atoms with Crippen LogP contribution in [0, 0.1) is 6.92 Å².